The van der Waals surface area contributed by atoms with Crippen LogP contribution in [0.1, 0.15) is 11.1 Å². The zero-order valence-corrected chi connectivity index (χ0v) is 10.8. The van der Waals surface area contributed by atoms with Crippen LogP contribution in [0.5, 0.6) is 0 Å². The Bertz CT molecular complexity index is 547. The Balaban J connectivity index is 1.84. The molecule has 2 aromatic carbocycles. The van der Waals surface area contributed by atoms with Gasteiger partial charge in [0.25, 0.3) is 0 Å². The van der Waals surface area contributed by atoms with Crippen molar-refractivity contribution in [2.45, 2.75) is 13.5 Å². The third kappa shape index (κ3) is 4.03. The Labute approximate surface area is 112 Å². The summed E-state index contributed by atoms with van der Waals surface area (Å²) in [6, 6.07) is 14.8. The number of hydrogen-bond donors (Lipinski definition) is 3. The van der Waals surface area contributed by atoms with Gasteiger partial charge < -0.3 is 16.4 Å². The molecular formula is C15H17N3O. The molecule has 4 heteroatoms. The first-order chi connectivity index (χ1) is 9.13. The molecule has 4 N–H and O–H groups in total. The molecule has 0 saturated carbocycles. The lowest BCUT2D eigenvalue weighted by Crippen LogP contribution is -2.28. The van der Waals surface area contributed by atoms with Gasteiger partial charge in [-0.1, -0.05) is 29.8 Å². The predicted molar refractivity (Wildman–Crippen MR) is 77.9 cm³/mol. The number of anilines is 2. The quantitative estimate of drug-likeness (QED) is 0.738. The number of carbonyl (C=O) groups is 1. The number of amides is 2. The summed E-state index contributed by atoms with van der Waals surface area (Å²) in [6.07, 6.45) is 0. The van der Waals surface area contributed by atoms with Gasteiger partial charge in [-0.2, -0.15) is 0 Å². The van der Waals surface area contributed by atoms with Crippen molar-refractivity contribution in [1.82, 2.24) is 5.32 Å². The first-order valence-corrected chi connectivity index (χ1v) is 6.09. The summed E-state index contributed by atoms with van der Waals surface area (Å²) >= 11 is 0. The topological polar surface area (TPSA) is 67.2 Å². The molecule has 0 spiro atoms. The maximum Gasteiger partial charge on any atom is 0.319 e. The molecule has 2 rings (SSSR count). The Morgan fingerprint density at radius 1 is 1.05 bits per heavy atom. The van der Waals surface area contributed by atoms with Gasteiger partial charge in [-0.15, -0.1) is 0 Å². The van der Waals surface area contributed by atoms with E-state index >= 15 is 0 Å². The third-order valence-corrected chi connectivity index (χ3v) is 2.74. The average molecular weight is 255 g/mol. The van der Waals surface area contributed by atoms with E-state index < -0.39 is 0 Å². The fourth-order valence-electron chi connectivity index (χ4n) is 1.63. The highest BCUT2D eigenvalue weighted by molar-refractivity contribution is 5.89. The molecule has 0 heterocycles. The van der Waals surface area contributed by atoms with E-state index in [1.165, 1.54) is 0 Å². The van der Waals surface area contributed by atoms with E-state index in [2.05, 4.69) is 10.6 Å². The van der Waals surface area contributed by atoms with Gasteiger partial charge in [0.05, 0.1) is 0 Å². The standard InChI is InChI=1S/C15H17N3O/c1-11-2-8-14(9-3-11)18-15(19)17-10-12-4-6-13(16)7-5-12/h2-9H,10,16H2,1H3,(H2,17,18,19). The molecular weight excluding hydrogens is 238 g/mol. The SMILES string of the molecule is Cc1ccc(NC(=O)NCc2ccc(N)cc2)cc1. The predicted octanol–water partition coefficient (Wildman–Crippen LogP) is 2.90. The first kappa shape index (κ1) is 13.0. The van der Waals surface area contributed by atoms with Crippen LogP contribution < -0.4 is 16.4 Å². The maximum absolute atomic E-state index is 11.7. The van der Waals surface area contributed by atoms with Crippen LogP contribution in [0, 0.1) is 6.92 Å². The molecule has 0 unspecified atom stereocenters. The van der Waals surface area contributed by atoms with E-state index in [1.807, 2.05) is 55.5 Å². The molecule has 98 valence electrons. The van der Waals surface area contributed by atoms with Gasteiger partial charge >= 0.3 is 6.03 Å². The number of hydrogen-bond acceptors (Lipinski definition) is 2. The van der Waals surface area contributed by atoms with Gasteiger partial charge in [-0.3, -0.25) is 0 Å². The second kappa shape index (κ2) is 5.91. The van der Waals surface area contributed by atoms with Crippen LogP contribution >= 0.6 is 0 Å². The molecule has 2 amide bonds. The summed E-state index contributed by atoms with van der Waals surface area (Å²) in [6.45, 7) is 2.48. The van der Waals surface area contributed by atoms with Gasteiger partial charge in [0.2, 0.25) is 0 Å². The number of urea groups is 1. The third-order valence-electron chi connectivity index (χ3n) is 2.74. The van der Waals surface area contributed by atoms with Gasteiger partial charge in [0, 0.05) is 17.9 Å². The van der Waals surface area contributed by atoms with E-state index in [4.69, 9.17) is 5.73 Å². The Kier molecular flexibility index (Phi) is 4.03. The molecule has 0 atom stereocenters. The lowest BCUT2D eigenvalue weighted by Gasteiger charge is -2.08. The van der Waals surface area contributed by atoms with Crippen molar-refractivity contribution in [2.24, 2.45) is 0 Å². The Morgan fingerprint density at radius 2 is 1.68 bits per heavy atom. The van der Waals surface area contributed by atoms with E-state index in [0.717, 1.165) is 16.8 Å². The zero-order valence-electron chi connectivity index (χ0n) is 10.8. The van der Waals surface area contributed by atoms with Gasteiger partial charge in [-0.05, 0) is 36.8 Å². The normalized spacial score (nSPS) is 9.95. The fraction of sp³-hybridized carbons (Fsp3) is 0.133. The molecule has 0 aliphatic carbocycles. The van der Waals surface area contributed by atoms with Crippen LogP contribution in [0.25, 0.3) is 0 Å². The molecule has 19 heavy (non-hydrogen) atoms. The highest BCUT2D eigenvalue weighted by Crippen LogP contribution is 2.08. The molecule has 0 bridgehead atoms. The van der Waals surface area contributed by atoms with Crippen LogP contribution in [0.3, 0.4) is 0 Å². The summed E-state index contributed by atoms with van der Waals surface area (Å²) < 4.78 is 0. The van der Waals surface area contributed by atoms with Crippen LogP contribution in [-0.4, -0.2) is 6.03 Å². The van der Waals surface area contributed by atoms with Crippen LogP contribution in [0.2, 0.25) is 0 Å². The molecule has 0 aliphatic heterocycles. The number of aryl methyl sites for hydroxylation is 1. The molecule has 4 nitrogen and oxygen atoms in total. The molecule has 0 radical (unpaired) electrons. The summed E-state index contributed by atoms with van der Waals surface area (Å²) in [7, 11) is 0. The molecule has 0 aromatic heterocycles. The van der Waals surface area contributed by atoms with Gasteiger partial charge in [0.15, 0.2) is 0 Å². The largest absolute Gasteiger partial charge is 0.399 e. The second-order valence-electron chi connectivity index (χ2n) is 4.42. The van der Waals surface area contributed by atoms with Crippen molar-refractivity contribution in [1.29, 1.82) is 0 Å². The number of nitrogens with one attached hydrogen (secondary N) is 2. The van der Waals surface area contributed by atoms with Crippen molar-refractivity contribution >= 4 is 17.4 Å². The summed E-state index contributed by atoms with van der Waals surface area (Å²) in [5, 5.41) is 5.57. The number of nitrogens with two attached hydrogens (primary N) is 1. The molecule has 0 aliphatic rings. The smallest absolute Gasteiger partial charge is 0.319 e. The van der Waals surface area contributed by atoms with Crippen LogP contribution in [-0.2, 0) is 6.54 Å². The molecule has 0 saturated heterocycles. The van der Waals surface area contributed by atoms with Crippen molar-refractivity contribution in [3.63, 3.8) is 0 Å². The lowest BCUT2D eigenvalue weighted by atomic mass is 10.2. The lowest BCUT2D eigenvalue weighted by molar-refractivity contribution is 0.251. The van der Waals surface area contributed by atoms with Crippen LogP contribution in [0.15, 0.2) is 48.5 Å². The summed E-state index contributed by atoms with van der Waals surface area (Å²) in [5.41, 5.74) is 9.26. The van der Waals surface area contributed by atoms with E-state index in [9.17, 15) is 4.79 Å². The number of carbonyl (C=O) groups excluding carboxylic acids is 1. The van der Waals surface area contributed by atoms with Gasteiger partial charge in [0.1, 0.15) is 0 Å². The van der Waals surface area contributed by atoms with Crippen molar-refractivity contribution in [3.8, 4) is 0 Å². The van der Waals surface area contributed by atoms with Crippen molar-refractivity contribution < 1.29 is 4.79 Å². The monoisotopic (exact) mass is 255 g/mol. The number of nitrogen functional groups attached to an aromatic ring is 1. The van der Waals surface area contributed by atoms with Gasteiger partial charge in [-0.25, -0.2) is 4.79 Å². The highest BCUT2D eigenvalue weighted by Gasteiger charge is 2.01. The second-order valence-corrected chi connectivity index (χ2v) is 4.42. The summed E-state index contributed by atoms with van der Waals surface area (Å²) in [4.78, 5) is 11.7. The van der Waals surface area contributed by atoms with E-state index in [-0.39, 0.29) is 6.03 Å². The highest BCUT2D eigenvalue weighted by atomic mass is 16.2. The Morgan fingerprint density at radius 3 is 2.32 bits per heavy atom. The fourth-order valence-corrected chi connectivity index (χ4v) is 1.63. The molecule has 0 fully saturated rings. The van der Waals surface area contributed by atoms with E-state index in [1.54, 1.807) is 0 Å². The number of benzene rings is 2. The Hall–Kier alpha value is -2.49. The minimum absolute atomic E-state index is 0.222. The van der Waals surface area contributed by atoms with Crippen molar-refractivity contribution in [3.05, 3.63) is 59.7 Å². The van der Waals surface area contributed by atoms with Crippen LogP contribution in [0.4, 0.5) is 16.2 Å². The minimum Gasteiger partial charge on any atom is -0.399 e. The van der Waals surface area contributed by atoms with E-state index in [0.29, 0.717) is 12.2 Å². The maximum atomic E-state index is 11.7. The molecule has 2 aromatic rings. The first-order valence-electron chi connectivity index (χ1n) is 6.09. The minimum atomic E-state index is -0.222. The van der Waals surface area contributed by atoms with Crippen molar-refractivity contribution in [2.75, 3.05) is 11.1 Å². The average Bonchev–Trinajstić information content (AvgIpc) is 2.41. The number of rotatable bonds is 3. The summed E-state index contributed by atoms with van der Waals surface area (Å²) in [5.74, 6) is 0. The zero-order chi connectivity index (χ0) is 13.7.